The molecule has 22 heavy (non-hydrogen) atoms. The molecule has 0 aromatic rings. The molecule has 0 heterocycles. The molecule has 0 saturated heterocycles. The Morgan fingerprint density at radius 2 is 1.68 bits per heavy atom. The second-order valence-corrected chi connectivity index (χ2v) is 6.12. The third-order valence-corrected chi connectivity index (χ3v) is 2.26. The second kappa shape index (κ2) is 8.54. The van der Waals surface area contributed by atoms with E-state index in [0.717, 1.165) is 5.01 Å². The molecule has 3 N–H and O–H groups in total. The molecule has 0 saturated carbocycles. The maximum atomic E-state index is 11.8. The van der Waals surface area contributed by atoms with Gasteiger partial charge in [0.2, 0.25) is 5.91 Å². The molecule has 0 spiro atoms. The van der Waals surface area contributed by atoms with Crippen molar-refractivity contribution >= 4 is 18.0 Å². The smallest absolute Gasteiger partial charge is 0.422 e. The first-order valence-corrected chi connectivity index (χ1v) is 6.89. The van der Waals surface area contributed by atoms with Crippen LogP contribution in [-0.2, 0) is 14.3 Å². The summed E-state index contributed by atoms with van der Waals surface area (Å²) >= 11 is 0. The van der Waals surface area contributed by atoms with Crippen molar-refractivity contribution < 1.29 is 24.2 Å². The van der Waals surface area contributed by atoms with Gasteiger partial charge in [0, 0.05) is 13.1 Å². The first-order valence-electron chi connectivity index (χ1n) is 6.89. The summed E-state index contributed by atoms with van der Waals surface area (Å²) in [5.41, 5.74) is 4.25. The number of hydrazine groups is 2. The van der Waals surface area contributed by atoms with Crippen LogP contribution in [0.3, 0.4) is 0 Å². The fourth-order valence-corrected chi connectivity index (χ4v) is 1.41. The molecule has 0 atom stereocenters. The number of carboxylic acid groups (broad SMARTS) is 1. The zero-order valence-electron chi connectivity index (χ0n) is 14.0. The molecule has 0 aromatic heterocycles. The molecule has 0 aromatic carbocycles. The zero-order chi connectivity index (χ0) is 17.5. The Bertz CT molecular complexity index is 406. The van der Waals surface area contributed by atoms with E-state index in [4.69, 9.17) is 9.84 Å². The maximum absolute atomic E-state index is 11.8. The van der Waals surface area contributed by atoms with E-state index in [1.54, 1.807) is 34.6 Å². The molecular formula is C13H26N4O5. The highest BCUT2D eigenvalue weighted by Gasteiger charge is 2.21. The second-order valence-electron chi connectivity index (χ2n) is 6.12. The molecular weight excluding hydrogens is 292 g/mol. The van der Waals surface area contributed by atoms with Gasteiger partial charge in [0.1, 0.15) is 12.1 Å². The van der Waals surface area contributed by atoms with Gasteiger partial charge in [0.15, 0.2) is 0 Å². The summed E-state index contributed by atoms with van der Waals surface area (Å²) in [7, 11) is 1.44. The molecule has 0 radical (unpaired) electrons. The van der Waals surface area contributed by atoms with E-state index in [1.807, 2.05) is 0 Å². The van der Waals surface area contributed by atoms with Crippen molar-refractivity contribution in [2.75, 3.05) is 20.1 Å². The van der Waals surface area contributed by atoms with E-state index in [9.17, 15) is 14.4 Å². The number of carbonyl (C=O) groups excluding carboxylic acids is 2. The Balaban J connectivity index is 4.49. The minimum Gasteiger partial charge on any atom is -0.480 e. The van der Waals surface area contributed by atoms with Crippen molar-refractivity contribution in [2.45, 2.75) is 46.3 Å². The van der Waals surface area contributed by atoms with Crippen LogP contribution >= 0.6 is 0 Å². The number of rotatable bonds is 7. The monoisotopic (exact) mass is 318 g/mol. The van der Waals surface area contributed by atoms with E-state index >= 15 is 0 Å². The SMILES string of the molecule is CC(C)N(CC(=O)NN(C)CC(=O)O)NC(=O)OC(C)(C)C. The van der Waals surface area contributed by atoms with Crippen LogP contribution in [0.2, 0.25) is 0 Å². The summed E-state index contributed by atoms with van der Waals surface area (Å²) in [6.45, 7) is 8.34. The van der Waals surface area contributed by atoms with Gasteiger partial charge in [-0.25, -0.2) is 14.8 Å². The third kappa shape index (κ3) is 9.94. The summed E-state index contributed by atoms with van der Waals surface area (Å²) in [4.78, 5) is 34.1. The molecule has 9 nitrogen and oxygen atoms in total. The van der Waals surface area contributed by atoms with Gasteiger partial charge < -0.3 is 9.84 Å². The zero-order valence-corrected chi connectivity index (χ0v) is 14.0. The van der Waals surface area contributed by atoms with Crippen molar-refractivity contribution in [1.82, 2.24) is 20.9 Å². The normalized spacial score (nSPS) is 11.7. The standard InChI is InChI=1S/C13H26N4O5/c1-9(2)17(15-12(21)22-13(3,4)5)7-10(18)14-16(6)8-11(19)20/h9H,7-8H2,1-6H3,(H,14,18)(H,15,21)(H,19,20). The topological polar surface area (TPSA) is 111 Å². The highest BCUT2D eigenvalue weighted by atomic mass is 16.6. The fourth-order valence-electron chi connectivity index (χ4n) is 1.41. The van der Waals surface area contributed by atoms with Gasteiger partial charge in [0.25, 0.3) is 0 Å². The number of nitrogens with zero attached hydrogens (tertiary/aromatic N) is 2. The van der Waals surface area contributed by atoms with Crippen LogP contribution in [0.1, 0.15) is 34.6 Å². The lowest BCUT2D eigenvalue weighted by Crippen LogP contribution is -2.54. The highest BCUT2D eigenvalue weighted by molar-refractivity contribution is 5.78. The van der Waals surface area contributed by atoms with Crippen molar-refractivity contribution in [2.24, 2.45) is 0 Å². The van der Waals surface area contributed by atoms with Gasteiger partial charge in [-0.3, -0.25) is 20.4 Å². The molecule has 0 aliphatic rings. The summed E-state index contributed by atoms with van der Waals surface area (Å²) in [6.07, 6.45) is -0.659. The number of hydrogen-bond acceptors (Lipinski definition) is 6. The number of aliphatic carboxylic acids is 1. The quantitative estimate of drug-likeness (QED) is 0.574. The van der Waals surface area contributed by atoms with E-state index < -0.39 is 23.6 Å². The van der Waals surface area contributed by atoms with Gasteiger partial charge >= 0.3 is 12.1 Å². The molecule has 128 valence electrons. The van der Waals surface area contributed by atoms with Crippen LogP contribution in [0.25, 0.3) is 0 Å². The Labute approximate surface area is 130 Å². The fraction of sp³-hybridized carbons (Fsp3) is 0.769. The third-order valence-electron chi connectivity index (χ3n) is 2.26. The van der Waals surface area contributed by atoms with Crippen molar-refractivity contribution in [3.63, 3.8) is 0 Å². The maximum Gasteiger partial charge on any atom is 0.422 e. The molecule has 0 aliphatic heterocycles. The van der Waals surface area contributed by atoms with Crippen LogP contribution in [0.4, 0.5) is 4.79 Å². The molecule has 0 bridgehead atoms. The number of hydrogen-bond donors (Lipinski definition) is 3. The summed E-state index contributed by atoms with van der Waals surface area (Å²) in [6, 6.07) is -0.150. The van der Waals surface area contributed by atoms with Crippen LogP contribution in [0.15, 0.2) is 0 Å². The number of carbonyl (C=O) groups is 3. The van der Waals surface area contributed by atoms with Crippen molar-refractivity contribution in [3.8, 4) is 0 Å². The molecule has 2 amide bonds. The molecule has 0 fully saturated rings. The van der Waals surface area contributed by atoms with Gasteiger partial charge in [-0.05, 0) is 34.6 Å². The molecule has 0 aliphatic carbocycles. The van der Waals surface area contributed by atoms with Gasteiger partial charge in [-0.15, -0.1) is 0 Å². The van der Waals surface area contributed by atoms with Gasteiger partial charge in [-0.2, -0.15) is 0 Å². The van der Waals surface area contributed by atoms with Crippen LogP contribution in [0.5, 0.6) is 0 Å². The van der Waals surface area contributed by atoms with E-state index in [-0.39, 0.29) is 19.1 Å². The van der Waals surface area contributed by atoms with Crippen LogP contribution < -0.4 is 10.9 Å². The largest absolute Gasteiger partial charge is 0.480 e. The van der Waals surface area contributed by atoms with Gasteiger partial charge in [-0.1, -0.05) is 0 Å². The predicted molar refractivity (Wildman–Crippen MR) is 79.6 cm³/mol. The Morgan fingerprint density at radius 3 is 2.09 bits per heavy atom. The van der Waals surface area contributed by atoms with Crippen LogP contribution in [0, 0.1) is 0 Å². The van der Waals surface area contributed by atoms with E-state index in [2.05, 4.69) is 10.9 Å². The molecule has 9 heteroatoms. The number of amides is 2. The lowest BCUT2D eigenvalue weighted by molar-refractivity contribution is -0.140. The minimum atomic E-state index is -1.06. The number of nitrogens with one attached hydrogen (secondary N) is 2. The van der Waals surface area contributed by atoms with Crippen molar-refractivity contribution in [3.05, 3.63) is 0 Å². The minimum absolute atomic E-state index is 0.138. The first kappa shape index (κ1) is 20.1. The molecule has 0 rings (SSSR count). The van der Waals surface area contributed by atoms with Crippen LogP contribution in [-0.4, -0.2) is 64.9 Å². The number of ether oxygens (including phenoxy) is 1. The predicted octanol–water partition coefficient (Wildman–Crippen LogP) is 0.184. The Kier molecular flexibility index (Phi) is 7.82. The van der Waals surface area contributed by atoms with Gasteiger partial charge in [0.05, 0.1) is 6.54 Å². The summed E-state index contributed by atoms with van der Waals surface area (Å²) < 4.78 is 5.12. The number of carboxylic acids is 1. The summed E-state index contributed by atoms with van der Waals surface area (Å²) in [5.74, 6) is -1.51. The lowest BCUT2D eigenvalue weighted by Gasteiger charge is -2.29. The Morgan fingerprint density at radius 1 is 1.14 bits per heavy atom. The molecule has 0 unspecified atom stereocenters. The summed E-state index contributed by atoms with van der Waals surface area (Å²) in [5, 5.41) is 11.2. The average molecular weight is 318 g/mol. The highest BCUT2D eigenvalue weighted by Crippen LogP contribution is 2.07. The first-order chi connectivity index (χ1) is 9.90. The van der Waals surface area contributed by atoms with Crippen molar-refractivity contribution in [1.29, 1.82) is 0 Å². The number of likely N-dealkylation sites (N-methyl/N-ethyl adjacent to an activating group) is 1. The Hall–Kier alpha value is -1.87. The average Bonchev–Trinajstić information content (AvgIpc) is 2.23. The van der Waals surface area contributed by atoms with E-state index in [0.29, 0.717) is 0 Å². The van der Waals surface area contributed by atoms with E-state index in [1.165, 1.54) is 12.1 Å². The lowest BCUT2D eigenvalue weighted by atomic mass is 10.2.